The zero-order valence-corrected chi connectivity index (χ0v) is 15.2. The number of carbonyl (C=O) groups excluding carboxylic acids is 1. The Kier molecular flexibility index (Phi) is 7.27. The monoisotopic (exact) mass is 348 g/mol. The van der Waals surface area contributed by atoms with E-state index < -0.39 is 0 Å². The lowest BCUT2D eigenvalue weighted by Crippen LogP contribution is -2.27. The first-order valence-corrected chi connectivity index (χ1v) is 9.03. The highest BCUT2D eigenvalue weighted by Gasteiger charge is 2.14. The van der Waals surface area contributed by atoms with Crippen molar-refractivity contribution >= 4 is 17.7 Å². The molecule has 1 amide bonds. The van der Waals surface area contributed by atoms with Gasteiger partial charge in [0.25, 0.3) is 0 Å². The first-order valence-electron chi connectivity index (χ1n) is 8.04. The van der Waals surface area contributed by atoms with Gasteiger partial charge in [-0.2, -0.15) is 0 Å². The van der Waals surface area contributed by atoms with Crippen LogP contribution in [0.1, 0.15) is 18.9 Å². The Morgan fingerprint density at radius 3 is 2.92 bits per heavy atom. The van der Waals surface area contributed by atoms with Crippen LogP contribution in [0, 0.1) is 6.92 Å². The Morgan fingerprint density at radius 1 is 1.38 bits per heavy atom. The highest BCUT2D eigenvalue weighted by molar-refractivity contribution is 7.99. The van der Waals surface area contributed by atoms with Crippen molar-refractivity contribution in [2.75, 3.05) is 26.0 Å². The first kappa shape index (κ1) is 18.5. The molecule has 1 N–H and O–H groups in total. The molecule has 2 aromatic rings. The molecule has 0 atom stereocenters. The third-order valence-electron chi connectivity index (χ3n) is 3.49. The molecule has 0 radical (unpaired) electrons. The number of benzene rings is 1. The van der Waals surface area contributed by atoms with E-state index >= 15 is 0 Å². The third kappa shape index (κ3) is 5.07. The Bertz CT molecular complexity index is 672. The van der Waals surface area contributed by atoms with Crippen LogP contribution in [0.5, 0.6) is 0 Å². The average Bonchev–Trinajstić information content (AvgIpc) is 3.00. The van der Waals surface area contributed by atoms with Crippen molar-refractivity contribution in [2.45, 2.75) is 32.0 Å². The quantitative estimate of drug-likeness (QED) is 0.557. The number of ether oxygens (including phenoxy) is 1. The molecular weight excluding hydrogens is 324 g/mol. The van der Waals surface area contributed by atoms with E-state index in [1.807, 2.05) is 16.7 Å². The lowest BCUT2D eigenvalue weighted by atomic mass is 10.1. The van der Waals surface area contributed by atoms with E-state index in [0.717, 1.165) is 29.5 Å². The van der Waals surface area contributed by atoms with Gasteiger partial charge in [-0.25, -0.2) is 0 Å². The van der Waals surface area contributed by atoms with Crippen LogP contribution in [0.15, 0.2) is 29.4 Å². The number of aryl methyl sites for hydroxylation is 1. The average molecular weight is 348 g/mol. The lowest BCUT2D eigenvalue weighted by molar-refractivity contribution is -0.118. The van der Waals surface area contributed by atoms with Gasteiger partial charge in [0.05, 0.1) is 5.75 Å². The van der Waals surface area contributed by atoms with Crippen LogP contribution in [0.4, 0.5) is 0 Å². The Hall–Kier alpha value is -1.86. The molecule has 0 bridgehead atoms. The second-order valence-corrected chi connectivity index (χ2v) is 6.35. The molecule has 1 heterocycles. The van der Waals surface area contributed by atoms with Gasteiger partial charge in [0, 0.05) is 32.4 Å². The van der Waals surface area contributed by atoms with E-state index in [1.54, 1.807) is 7.11 Å². The molecule has 1 aromatic carbocycles. The molecule has 0 aliphatic rings. The smallest absolute Gasteiger partial charge is 0.230 e. The second kappa shape index (κ2) is 9.44. The molecule has 24 heavy (non-hydrogen) atoms. The van der Waals surface area contributed by atoms with Crippen molar-refractivity contribution in [3.05, 3.63) is 29.8 Å². The van der Waals surface area contributed by atoms with Gasteiger partial charge >= 0.3 is 0 Å². The molecular formula is C17H24N4O2S. The summed E-state index contributed by atoms with van der Waals surface area (Å²) >= 11 is 1.41. The minimum atomic E-state index is -0.00105. The van der Waals surface area contributed by atoms with E-state index in [4.69, 9.17) is 4.74 Å². The van der Waals surface area contributed by atoms with Crippen LogP contribution < -0.4 is 5.32 Å². The topological polar surface area (TPSA) is 69.0 Å². The van der Waals surface area contributed by atoms with E-state index in [1.165, 1.54) is 17.3 Å². The summed E-state index contributed by atoms with van der Waals surface area (Å²) in [6.07, 6.45) is 0.815. The van der Waals surface area contributed by atoms with Crippen molar-refractivity contribution in [1.29, 1.82) is 0 Å². The zero-order valence-electron chi connectivity index (χ0n) is 14.4. The lowest BCUT2D eigenvalue weighted by Gasteiger charge is -2.08. The summed E-state index contributed by atoms with van der Waals surface area (Å²) < 4.78 is 7.00. The van der Waals surface area contributed by atoms with Crippen LogP contribution in [-0.4, -0.2) is 46.7 Å². The molecule has 0 fully saturated rings. The third-order valence-corrected chi connectivity index (χ3v) is 4.46. The molecule has 2 rings (SSSR count). The molecule has 130 valence electrons. The van der Waals surface area contributed by atoms with Gasteiger partial charge in [0.15, 0.2) is 11.0 Å². The SMILES string of the molecule is CCn1c(SCC(=O)NCCCOC)nnc1-c1cccc(C)c1. The van der Waals surface area contributed by atoms with Gasteiger partial charge in [-0.05, 0) is 26.3 Å². The number of carbonyl (C=O) groups is 1. The van der Waals surface area contributed by atoms with Crippen LogP contribution in [0.2, 0.25) is 0 Å². The maximum Gasteiger partial charge on any atom is 0.230 e. The van der Waals surface area contributed by atoms with Crippen molar-refractivity contribution in [1.82, 2.24) is 20.1 Å². The number of hydrogen-bond donors (Lipinski definition) is 1. The predicted octanol–water partition coefficient (Wildman–Crippen LogP) is 2.52. The summed E-state index contributed by atoms with van der Waals surface area (Å²) in [7, 11) is 1.65. The highest BCUT2D eigenvalue weighted by atomic mass is 32.2. The number of rotatable bonds is 9. The zero-order chi connectivity index (χ0) is 17.4. The van der Waals surface area contributed by atoms with Crippen LogP contribution >= 0.6 is 11.8 Å². The Morgan fingerprint density at radius 2 is 2.21 bits per heavy atom. The number of nitrogens with one attached hydrogen (secondary N) is 1. The fourth-order valence-corrected chi connectivity index (χ4v) is 3.14. The molecule has 0 saturated heterocycles. The number of methoxy groups -OCH3 is 1. The molecule has 0 aliphatic heterocycles. The van der Waals surface area contributed by atoms with Crippen molar-refractivity contribution in [3.8, 4) is 11.4 Å². The minimum absolute atomic E-state index is 0.00105. The van der Waals surface area contributed by atoms with Crippen LogP contribution in [0.25, 0.3) is 11.4 Å². The molecule has 0 unspecified atom stereocenters. The van der Waals surface area contributed by atoms with Crippen molar-refractivity contribution in [3.63, 3.8) is 0 Å². The summed E-state index contributed by atoms with van der Waals surface area (Å²) in [5.74, 6) is 1.17. The standard InChI is InChI=1S/C17H24N4O2S/c1-4-21-16(14-8-5-7-13(2)11-14)19-20-17(21)24-12-15(22)18-9-6-10-23-3/h5,7-8,11H,4,6,9-10,12H2,1-3H3,(H,18,22). The largest absolute Gasteiger partial charge is 0.385 e. The molecule has 0 spiro atoms. The number of hydrogen-bond acceptors (Lipinski definition) is 5. The van der Waals surface area contributed by atoms with Gasteiger partial charge in [0.1, 0.15) is 0 Å². The van der Waals surface area contributed by atoms with Gasteiger partial charge in [-0.15, -0.1) is 10.2 Å². The fourth-order valence-electron chi connectivity index (χ4n) is 2.30. The molecule has 0 saturated carbocycles. The van der Waals surface area contributed by atoms with E-state index in [-0.39, 0.29) is 5.91 Å². The summed E-state index contributed by atoms with van der Waals surface area (Å²) in [4.78, 5) is 11.9. The summed E-state index contributed by atoms with van der Waals surface area (Å²) in [6.45, 7) is 6.14. The number of thioether (sulfide) groups is 1. The van der Waals surface area contributed by atoms with Crippen LogP contribution in [0.3, 0.4) is 0 Å². The van der Waals surface area contributed by atoms with Crippen molar-refractivity contribution < 1.29 is 9.53 Å². The van der Waals surface area contributed by atoms with E-state index in [0.29, 0.717) is 18.9 Å². The first-order chi connectivity index (χ1) is 11.7. The Labute approximate surface area is 147 Å². The van der Waals surface area contributed by atoms with E-state index in [2.05, 4.69) is 41.5 Å². The molecule has 0 aliphatic carbocycles. The number of aromatic nitrogens is 3. The normalized spacial score (nSPS) is 10.8. The van der Waals surface area contributed by atoms with Gasteiger partial charge < -0.3 is 14.6 Å². The minimum Gasteiger partial charge on any atom is -0.385 e. The maximum atomic E-state index is 11.9. The Balaban J connectivity index is 1.98. The summed E-state index contributed by atoms with van der Waals surface area (Å²) in [6, 6.07) is 8.19. The second-order valence-electron chi connectivity index (χ2n) is 5.40. The number of nitrogens with zero attached hydrogens (tertiary/aromatic N) is 3. The summed E-state index contributed by atoms with van der Waals surface area (Å²) in [5, 5.41) is 12.2. The van der Waals surface area contributed by atoms with Crippen molar-refractivity contribution in [2.24, 2.45) is 0 Å². The van der Waals surface area contributed by atoms with Gasteiger partial charge in [0.2, 0.25) is 5.91 Å². The van der Waals surface area contributed by atoms with Crippen LogP contribution in [-0.2, 0) is 16.1 Å². The molecule has 6 nitrogen and oxygen atoms in total. The molecule has 7 heteroatoms. The van der Waals surface area contributed by atoms with E-state index in [9.17, 15) is 4.79 Å². The summed E-state index contributed by atoms with van der Waals surface area (Å²) in [5.41, 5.74) is 2.23. The number of amides is 1. The van der Waals surface area contributed by atoms with Gasteiger partial charge in [-0.3, -0.25) is 4.79 Å². The fraction of sp³-hybridized carbons (Fsp3) is 0.471. The maximum absolute atomic E-state index is 11.9. The van der Waals surface area contributed by atoms with Gasteiger partial charge in [-0.1, -0.05) is 35.5 Å². The predicted molar refractivity (Wildman–Crippen MR) is 96.1 cm³/mol. The highest BCUT2D eigenvalue weighted by Crippen LogP contribution is 2.24. The molecule has 1 aromatic heterocycles.